The van der Waals surface area contributed by atoms with Gasteiger partial charge in [0.1, 0.15) is 0 Å². The van der Waals surface area contributed by atoms with Crippen LogP contribution in [0.2, 0.25) is 0 Å². The summed E-state index contributed by atoms with van der Waals surface area (Å²) in [6.07, 6.45) is 0.364. The van der Waals surface area contributed by atoms with E-state index < -0.39 is 0 Å². The lowest BCUT2D eigenvalue weighted by Crippen LogP contribution is -2.46. The van der Waals surface area contributed by atoms with Crippen molar-refractivity contribution in [3.63, 3.8) is 0 Å². The van der Waals surface area contributed by atoms with Crippen molar-refractivity contribution in [2.75, 3.05) is 31.5 Å². The molecule has 0 bridgehead atoms. The standard InChI is InChI=1S/C15H18N4O2/c16-11-12-2-1-3-13(10-12)18-14(20)4-5-15(21)19-8-6-17-7-9-19/h1-3,10,17H,4-9H2,(H,18,20). The lowest BCUT2D eigenvalue weighted by molar-refractivity contribution is -0.133. The molecular formula is C15H18N4O2. The van der Waals surface area contributed by atoms with Crippen LogP contribution in [-0.2, 0) is 9.59 Å². The molecule has 1 saturated heterocycles. The number of amides is 2. The summed E-state index contributed by atoms with van der Waals surface area (Å²) in [4.78, 5) is 25.5. The highest BCUT2D eigenvalue weighted by Gasteiger charge is 2.17. The van der Waals surface area contributed by atoms with E-state index in [0.717, 1.165) is 13.1 Å². The SMILES string of the molecule is N#Cc1cccc(NC(=O)CCC(=O)N2CCNCC2)c1. The molecular weight excluding hydrogens is 268 g/mol. The quantitative estimate of drug-likeness (QED) is 0.853. The Bertz CT molecular complexity index is 559. The van der Waals surface area contributed by atoms with Crippen LogP contribution >= 0.6 is 0 Å². The van der Waals surface area contributed by atoms with Gasteiger partial charge in [-0.2, -0.15) is 5.26 Å². The lowest BCUT2D eigenvalue weighted by atomic mass is 10.2. The second-order valence-electron chi connectivity index (χ2n) is 4.87. The monoisotopic (exact) mass is 286 g/mol. The Hall–Kier alpha value is -2.39. The molecule has 0 spiro atoms. The van der Waals surface area contributed by atoms with E-state index in [1.54, 1.807) is 29.2 Å². The minimum absolute atomic E-state index is 0.0115. The van der Waals surface area contributed by atoms with Crippen LogP contribution in [0.1, 0.15) is 18.4 Å². The Morgan fingerprint density at radius 3 is 2.76 bits per heavy atom. The van der Waals surface area contributed by atoms with E-state index in [-0.39, 0.29) is 24.7 Å². The lowest BCUT2D eigenvalue weighted by Gasteiger charge is -2.27. The van der Waals surface area contributed by atoms with Crippen molar-refractivity contribution < 1.29 is 9.59 Å². The van der Waals surface area contributed by atoms with E-state index in [4.69, 9.17) is 5.26 Å². The molecule has 2 amide bonds. The summed E-state index contributed by atoms with van der Waals surface area (Å²) < 4.78 is 0. The van der Waals surface area contributed by atoms with Gasteiger partial charge >= 0.3 is 0 Å². The molecule has 2 N–H and O–H groups in total. The molecule has 1 aromatic rings. The Morgan fingerprint density at radius 2 is 2.05 bits per heavy atom. The van der Waals surface area contributed by atoms with Gasteiger partial charge in [0.25, 0.3) is 0 Å². The van der Waals surface area contributed by atoms with Crippen molar-refractivity contribution in [1.82, 2.24) is 10.2 Å². The number of benzene rings is 1. The molecule has 0 unspecified atom stereocenters. The molecule has 1 heterocycles. The summed E-state index contributed by atoms with van der Waals surface area (Å²) in [5.41, 5.74) is 1.07. The number of nitriles is 1. The topological polar surface area (TPSA) is 85.2 Å². The summed E-state index contributed by atoms with van der Waals surface area (Å²) in [6, 6.07) is 8.72. The molecule has 0 saturated carbocycles. The maximum Gasteiger partial charge on any atom is 0.224 e. The highest BCUT2D eigenvalue weighted by Crippen LogP contribution is 2.10. The van der Waals surface area contributed by atoms with Gasteiger partial charge in [-0.3, -0.25) is 9.59 Å². The summed E-state index contributed by atoms with van der Waals surface area (Å²) in [6.45, 7) is 3.01. The van der Waals surface area contributed by atoms with Gasteiger partial charge in [-0.15, -0.1) is 0 Å². The van der Waals surface area contributed by atoms with Gasteiger partial charge in [-0.05, 0) is 18.2 Å². The first-order valence-electron chi connectivity index (χ1n) is 6.97. The zero-order chi connectivity index (χ0) is 15.1. The predicted octanol–water partition coefficient (Wildman–Crippen LogP) is 0.709. The molecule has 0 aliphatic carbocycles. The molecule has 1 aliphatic rings. The first kappa shape index (κ1) is 15.0. The molecule has 1 fully saturated rings. The van der Waals surface area contributed by atoms with Crippen LogP contribution in [0.5, 0.6) is 0 Å². The van der Waals surface area contributed by atoms with Crippen LogP contribution in [0.25, 0.3) is 0 Å². The van der Waals surface area contributed by atoms with Gasteiger partial charge in [0.05, 0.1) is 11.6 Å². The molecule has 0 atom stereocenters. The van der Waals surface area contributed by atoms with Gasteiger partial charge in [-0.1, -0.05) is 6.07 Å². The molecule has 0 radical (unpaired) electrons. The third-order valence-electron chi connectivity index (χ3n) is 3.31. The average Bonchev–Trinajstić information content (AvgIpc) is 2.53. The fraction of sp³-hybridized carbons (Fsp3) is 0.400. The smallest absolute Gasteiger partial charge is 0.224 e. The zero-order valence-corrected chi connectivity index (χ0v) is 11.8. The largest absolute Gasteiger partial charge is 0.340 e. The Morgan fingerprint density at radius 1 is 1.29 bits per heavy atom. The second kappa shape index (κ2) is 7.41. The molecule has 6 nitrogen and oxygen atoms in total. The normalized spacial score (nSPS) is 14.3. The van der Waals surface area contributed by atoms with E-state index in [2.05, 4.69) is 10.6 Å². The third-order valence-corrected chi connectivity index (χ3v) is 3.31. The summed E-state index contributed by atoms with van der Waals surface area (Å²) in [5, 5.41) is 14.7. The molecule has 2 rings (SSSR count). The summed E-state index contributed by atoms with van der Waals surface area (Å²) in [7, 11) is 0. The number of carbonyl (C=O) groups is 2. The number of anilines is 1. The fourth-order valence-electron chi connectivity index (χ4n) is 2.18. The summed E-state index contributed by atoms with van der Waals surface area (Å²) in [5.74, 6) is -0.203. The van der Waals surface area contributed by atoms with E-state index in [1.165, 1.54) is 0 Å². The minimum atomic E-state index is -0.214. The Labute approximate surface area is 123 Å². The van der Waals surface area contributed by atoms with Crippen molar-refractivity contribution in [1.29, 1.82) is 5.26 Å². The van der Waals surface area contributed by atoms with Gasteiger partial charge in [0, 0.05) is 44.7 Å². The van der Waals surface area contributed by atoms with E-state index in [0.29, 0.717) is 24.3 Å². The number of carbonyl (C=O) groups excluding carboxylic acids is 2. The van der Waals surface area contributed by atoms with Gasteiger partial charge in [0.15, 0.2) is 0 Å². The molecule has 6 heteroatoms. The fourth-order valence-corrected chi connectivity index (χ4v) is 2.18. The Balaban J connectivity index is 1.79. The number of hydrogen-bond acceptors (Lipinski definition) is 4. The number of nitrogens with zero attached hydrogens (tertiary/aromatic N) is 2. The van der Waals surface area contributed by atoms with Crippen LogP contribution in [0.3, 0.4) is 0 Å². The molecule has 21 heavy (non-hydrogen) atoms. The van der Waals surface area contributed by atoms with Gasteiger partial charge < -0.3 is 15.5 Å². The summed E-state index contributed by atoms with van der Waals surface area (Å²) >= 11 is 0. The van der Waals surface area contributed by atoms with E-state index in [1.807, 2.05) is 6.07 Å². The molecule has 0 aromatic heterocycles. The first-order valence-corrected chi connectivity index (χ1v) is 6.97. The number of piperazine rings is 1. The number of rotatable bonds is 4. The molecule has 1 aliphatic heterocycles. The minimum Gasteiger partial charge on any atom is -0.340 e. The van der Waals surface area contributed by atoms with Gasteiger partial charge in [-0.25, -0.2) is 0 Å². The Kier molecular flexibility index (Phi) is 5.29. The molecule has 110 valence electrons. The van der Waals surface area contributed by atoms with E-state index >= 15 is 0 Å². The maximum atomic E-state index is 11.9. The second-order valence-corrected chi connectivity index (χ2v) is 4.87. The number of hydrogen-bond donors (Lipinski definition) is 2. The van der Waals surface area contributed by atoms with Crippen LogP contribution in [0.15, 0.2) is 24.3 Å². The van der Waals surface area contributed by atoms with Crippen LogP contribution in [0.4, 0.5) is 5.69 Å². The van der Waals surface area contributed by atoms with Crippen molar-refractivity contribution in [3.8, 4) is 6.07 Å². The van der Waals surface area contributed by atoms with Gasteiger partial charge in [0.2, 0.25) is 11.8 Å². The third kappa shape index (κ3) is 4.58. The van der Waals surface area contributed by atoms with Crippen molar-refractivity contribution in [2.24, 2.45) is 0 Å². The predicted molar refractivity (Wildman–Crippen MR) is 78.5 cm³/mol. The molecule has 1 aromatic carbocycles. The van der Waals surface area contributed by atoms with Crippen molar-refractivity contribution in [2.45, 2.75) is 12.8 Å². The van der Waals surface area contributed by atoms with Crippen LogP contribution in [-0.4, -0.2) is 42.9 Å². The van der Waals surface area contributed by atoms with Crippen molar-refractivity contribution in [3.05, 3.63) is 29.8 Å². The highest BCUT2D eigenvalue weighted by atomic mass is 16.2. The highest BCUT2D eigenvalue weighted by molar-refractivity contribution is 5.93. The maximum absolute atomic E-state index is 11.9. The van der Waals surface area contributed by atoms with E-state index in [9.17, 15) is 9.59 Å². The zero-order valence-electron chi connectivity index (χ0n) is 11.8. The average molecular weight is 286 g/mol. The van der Waals surface area contributed by atoms with Crippen molar-refractivity contribution >= 4 is 17.5 Å². The van der Waals surface area contributed by atoms with Crippen LogP contribution < -0.4 is 10.6 Å². The first-order chi connectivity index (χ1) is 10.2. The number of nitrogens with one attached hydrogen (secondary N) is 2. The van der Waals surface area contributed by atoms with Crippen LogP contribution in [0, 0.1) is 11.3 Å².